The molecular formula is C21H22N4O2. The molecule has 138 valence electrons. The molecule has 6 heteroatoms. The van der Waals surface area contributed by atoms with Gasteiger partial charge in [0.2, 0.25) is 5.91 Å². The Bertz CT molecular complexity index is 862. The fourth-order valence-corrected chi connectivity index (χ4v) is 3.14. The molecule has 0 spiro atoms. The Hall–Kier alpha value is -3.17. The highest BCUT2D eigenvalue weighted by Gasteiger charge is 2.19. The number of carbonyl (C=O) groups is 2. The number of nitrogens with zero attached hydrogens (tertiary/aromatic N) is 3. The summed E-state index contributed by atoms with van der Waals surface area (Å²) >= 11 is 0. The van der Waals surface area contributed by atoms with Crippen LogP contribution in [0.3, 0.4) is 0 Å². The van der Waals surface area contributed by atoms with Gasteiger partial charge in [0, 0.05) is 43.1 Å². The number of nitriles is 1. The number of hydrogen-bond acceptors (Lipinski definition) is 5. The Morgan fingerprint density at radius 1 is 1.07 bits per heavy atom. The Morgan fingerprint density at radius 2 is 1.78 bits per heavy atom. The summed E-state index contributed by atoms with van der Waals surface area (Å²) in [6.07, 6.45) is 0. The van der Waals surface area contributed by atoms with Crippen molar-refractivity contribution in [2.75, 3.05) is 42.9 Å². The third kappa shape index (κ3) is 4.93. The van der Waals surface area contributed by atoms with E-state index in [-0.39, 0.29) is 11.7 Å². The van der Waals surface area contributed by atoms with E-state index in [1.165, 1.54) is 0 Å². The van der Waals surface area contributed by atoms with Crippen molar-refractivity contribution in [1.29, 1.82) is 5.26 Å². The van der Waals surface area contributed by atoms with Crippen molar-refractivity contribution in [3.8, 4) is 6.07 Å². The average Bonchev–Trinajstić information content (AvgIpc) is 2.68. The van der Waals surface area contributed by atoms with Crippen molar-refractivity contribution in [3.63, 3.8) is 0 Å². The fraction of sp³-hybridized carbons (Fsp3) is 0.286. The summed E-state index contributed by atoms with van der Waals surface area (Å²) in [6.45, 7) is 5.14. The highest BCUT2D eigenvalue weighted by atomic mass is 16.2. The molecule has 1 heterocycles. The molecule has 27 heavy (non-hydrogen) atoms. The minimum Gasteiger partial charge on any atom is -0.369 e. The lowest BCUT2D eigenvalue weighted by Crippen LogP contribution is -2.48. The Kier molecular flexibility index (Phi) is 5.84. The number of amides is 1. The Labute approximate surface area is 159 Å². The van der Waals surface area contributed by atoms with E-state index in [9.17, 15) is 9.59 Å². The molecule has 0 unspecified atom stereocenters. The van der Waals surface area contributed by atoms with Gasteiger partial charge in [-0.2, -0.15) is 5.26 Å². The zero-order chi connectivity index (χ0) is 19.2. The lowest BCUT2D eigenvalue weighted by Gasteiger charge is -2.35. The average molecular weight is 362 g/mol. The second kappa shape index (κ2) is 8.47. The number of Topliss-reactive ketones (excluding diaryl/α,β-unsaturated/α-hetero) is 1. The smallest absolute Gasteiger partial charge is 0.238 e. The molecule has 1 fully saturated rings. The third-order valence-electron chi connectivity index (χ3n) is 4.65. The van der Waals surface area contributed by atoms with Gasteiger partial charge in [0.15, 0.2) is 5.78 Å². The SMILES string of the molecule is CC(=O)c1ccc(N2CCN(CC(=O)Nc3cccc(C#N)c3)CC2)cc1. The van der Waals surface area contributed by atoms with E-state index < -0.39 is 0 Å². The maximum absolute atomic E-state index is 12.3. The van der Waals surface area contributed by atoms with Crippen LogP contribution in [0.1, 0.15) is 22.8 Å². The summed E-state index contributed by atoms with van der Waals surface area (Å²) < 4.78 is 0. The molecule has 0 aromatic heterocycles. The van der Waals surface area contributed by atoms with Gasteiger partial charge >= 0.3 is 0 Å². The number of rotatable bonds is 5. The van der Waals surface area contributed by atoms with E-state index >= 15 is 0 Å². The second-order valence-electron chi connectivity index (χ2n) is 6.61. The summed E-state index contributed by atoms with van der Waals surface area (Å²) in [4.78, 5) is 28.0. The van der Waals surface area contributed by atoms with E-state index in [2.05, 4.69) is 21.2 Å². The van der Waals surface area contributed by atoms with Crippen LogP contribution in [0.15, 0.2) is 48.5 Å². The quantitative estimate of drug-likeness (QED) is 0.827. The van der Waals surface area contributed by atoms with E-state index in [0.717, 1.165) is 37.4 Å². The molecule has 2 aromatic carbocycles. The van der Waals surface area contributed by atoms with Gasteiger partial charge < -0.3 is 10.2 Å². The van der Waals surface area contributed by atoms with E-state index in [1.807, 2.05) is 24.3 Å². The van der Waals surface area contributed by atoms with Gasteiger partial charge in [0.1, 0.15) is 0 Å². The van der Waals surface area contributed by atoms with Crippen molar-refractivity contribution in [2.24, 2.45) is 0 Å². The molecule has 0 atom stereocenters. The second-order valence-corrected chi connectivity index (χ2v) is 6.61. The number of nitrogens with one attached hydrogen (secondary N) is 1. The zero-order valence-electron chi connectivity index (χ0n) is 15.3. The van der Waals surface area contributed by atoms with Crippen LogP contribution in [0.4, 0.5) is 11.4 Å². The van der Waals surface area contributed by atoms with Crippen LogP contribution in [0.25, 0.3) is 0 Å². The van der Waals surface area contributed by atoms with Crippen LogP contribution in [0.2, 0.25) is 0 Å². The van der Waals surface area contributed by atoms with E-state index in [4.69, 9.17) is 5.26 Å². The largest absolute Gasteiger partial charge is 0.369 e. The lowest BCUT2D eigenvalue weighted by molar-refractivity contribution is -0.117. The maximum Gasteiger partial charge on any atom is 0.238 e. The zero-order valence-corrected chi connectivity index (χ0v) is 15.3. The predicted octanol–water partition coefficient (Wildman–Crippen LogP) is 2.52. The number of carbonyl (C=O) groups excluding carboxylic acids is 2. The summed E-state index contributed by atoms with van der Waals surface area (Å²) in [6, 6.07) is 16.6. The van der Waals surface area contributed by atoms with Crippen molar-refractivity contribution < 1.29 is 9.59 Å². The molecule has 6 nitrogen and oxygen atoms in total. The summed E-state index contributed by atoms with van der Waals surface area (Å²) in [7, 11) is 0. The first kappa shape index (κ1) is 18.6. The maximum atomic E-state index is 12.3. The summed E-state index contributed by atoms with van der Waals surface area (Å²) in [5.74, 6) is -0.0120. The van der Waals surface area contributed by atoms with Crippen molar-refractivity contribution in [3.05, 3.63) is 59.7 Å². The first-order chi connectivity index (χ1) is 13.0. The molecule has 1 aliphatic rings. The summed E-state index contributed by atoms with van der Waals surface area (Å²) in [5.41, 5.74) is 2.98. The molecule has 3 rings (SSSR count). The molecule has 0 aliphatic carbocycles. The fourth-order valence-electron chi connectivity index (χ4n) is 3.14. The molecule has 0 radical (unpaired) electrons. The highest BCUT2D eigenvalue weighted by molar-refractivity contribution is 5.94. The molecule has 1 amide bonds. The first-order valence-corrected chi connectivity index (χ1v) is 8.93. The third-order valence-corrected chi connectivity index (χ3v) is 4.65. The molecule has 1 aliphatic heterocycles. The molecule has 0 saturated carbocycles. The normalized spacial score (nSPS) is 14.4. The number of piperazine rings is 1. The number of benzene rings is 2. The van der Waals surface area contributed by atoms with Crippen LogP contribution in [-0.2, 0) is 4.79 Å². The number of anilines is 2. The molecule has 0 bridgehead atoms. The molecule has 1 saturated heterocycles. The molecule has 1 N–H and O–H groups in total. The standard InChI is InChI=1S/C21H22N4O2/c1-16(26)18-5-7-20(8-6-18)25-11-9-24(10-12-25)15-21(27)23-19-4-2-3-17(13-19)14-22/h2-8,13H,9-12,15H2,1H3,(H,23,27). The lowest BCUT2D eigenvalue weighted by atomic mass is 10.1. The van der Waals surface area contributed by atoms with E-state index in [1.54, 1.807) is 31.2 Å². The Balaban J connectivity index is 1.49. The molecular weight excluding hydrogens is 340 g/mol. The summed E-state index contributed by atoms with van der Waals surface area (Å²) in [5, 5.41) is 11.8. The van der Waals surface area contributed by atoms with Crippen LogP contribution in [0.5, 0.6) is 0 Å². The van der Waals surface area contributed by atoms with E-state index in [0.29, 0.717) is 17.8 Å². The van der Waals surface area contributed by atoms with Crippen LogP contribution in [0, 0.1) is 11.3 Å². The van der Waals surface area contributed by atoms with Crippen LogP contribution >= 0.6 is 0 Å². The van der Waals surface area contributed by atoms with Gasteiger partial charge in [-0.1, -0.05) is 6.07 Å². The Morgan fingerprint density at radius 3 is 2.41 bits per heavy atom. The molecule has 2 aromatic rings. The van der Waals surface area contributed by atoms with Crippen molar-refractivity contribution in [2.45, 2.75) is 6.92 Å². The van der Waals surface area contributed by atoms with Crippen LogP contribution < -0.4 is 10.2 Å². The van der Waals surface area contributed by atoms with Gasteiger partial charge in [-0.15, -0.1) is 0 Å². The van der Waals surface area contributed by atoms with Gasteiger partial charge in [0.05, 0.1) is 18.2 Å². The highest BCUT2D eigenvalue weighted by Crippen LogP contribution is 2.18. The van der Waals surface area contributed by atoms with Crippen molar-refractivity contribution in [1.82, 2.24) is 4.90 Å². The minimum atomic E-state index is -0.0793. The van der Waals surface area contributed by atoms with Crippen molar-refractivity contribution >= 4 is 23.1 Å². The number of hydrogen-bond donors (Lipinski definition) is 1. The van der Waals surface area contributed by atoms with Gasteiger partial charge in [0.25, 0.3) is 0 Å². The predicted molar refractivity (Wildman–Crippen MR) is 105 cm³/mol. The van der Waals surface area contributed by atoms with Gasteiger partial charge in [-0.05, 0) is 49.4 Å². The minimum absolute atomic E-state index is 0.0673. The monoisotopic (exact) mass is 362 g/mol. The van der Waals surface area contributed by atoms with Crippen LogP contribution in [-0.4, -0.2) is 49.3 Å². The topological polar surface area (TPSA) is 76.4 Å². The number of ketones is 1. The first-order valence-electron chi connectivity index (χ1n) is 8.93. The van der Waals surface area contributed by atoms with Gasteiger partial charge in [-0.3, -0.25) is 14.5 Å². The van der Waals surface area contributed by atoms with Gasteiger partial charge in [-0.25, -0.2) is 0 Å².